The van der Waals surface area contributed by atoms with Crippen molar-refractivity contribution in [1.29, 1.82) is 0 Å². The number of amides is 1. The Labute approximate surface area is 93.1 Å². The van der Waals surface area contributed by atoms with E-state index in [1.165, 1.54) is 4.72 Å². The van der Waals surface area contributed by atoms with Crippen LogP contribution in [0.25, 0.3) is 0 Å². The van der Waals surface area contributed by atoms with Gasteiger partial charge in [0, 0.05) is 0 Å². The Morgan fingerprint density at radius 2 is 1.81 bits per heavy atom. The summed E-state index contributed by atoms with van der Waals surface area (Å²) in [6.07, 6.45) is -1.94. The number of carbonyl (C=O) groups excluding carboxylic acids is 1. The van der Waals surface area contributed by atoms with Gasteiger partial charge in [0.15, 0.2) is 6.09 Å². The molecule has 1 amide bonds. The zero-order chi connectivity index (χ0) is 12.3. The highest BCUT2D eigenvalue weighted by molar-refractivity contribution is 7.85. The molecule has 1 aromatic carbocycles. The van der Waals surface area contributed by atoms with Crippen molar-refractivity contribution in [2.75, 3.05) is 0 Å². The maximum atomic E-state index is 11.2. The number of carboxylic acid groups (broad SMARTS) is 1. The lowest BCUT2D eigenvalue weighted by atomic mass is 10.1. The van der Waals surface area contributed by atoms with E-state index in [0.717, 1.165) is 0 Å². The molecule has 16 heavy (non-hydrogen) atoms. The zero-order valence-corrected chi connectivity index (χ0v) is 9.50. The van der Waals surface area contributed by atoms with E-state index < -0.39 is 16.4 Å². The lowest BCUT2D eigenvalue weighted by Crippen LogP contribution is -2.42. The molecule has 0 heterocycles. The SMILES string of the molecule is Cc1cccc(C)c1OS(=O)(=O)NC(=O)[O-]. The van der Waals surface area contributed by atoms with E-state index in [1.807, 2.05) is 0 Å². The van der Waals surface area contributed by atoms with Crippen molar-refractivity contribution in [3.8, 4) is 5.75 Å². The first-order valence-corrected chi connectivity index (χ1v) is 5.72. The number of nitrogens with one attached hydrogen (secondary N) is 1. The van der Waals surface area contributed by atoms with Crippen LogP contribution in [0.2, 0.25) is 0 Å². The van der Waals surface area contributed by atoms with Crippen molar-refractivity contribution >= 4 is 16.4 Å². The molecule has 1 aromatic rings. The Morgan fingerprint density at radius 3 is 2.25 bits per heavy atom. The summed E-state index contributed by atoms with van der Waals surface area (Å²) in [4.78, 5) is 10.1. The lowest BCUT2D eigenvalue weighted by Gasteiger charge is -2.12. The second-order valence-corrected chi connectivity index (χ2v) is 4.43. The van der Waals surface area contributed by atoms with Gasteiger partial charge in [-0.05, 0) is 25.0 Å². The van der Waals surface area contributed by atoms with Gasteiger partial charge in [-0.1, -0.05) is 18.2 Å². The Balaban J connectivity index is 3.01. The van der Waals surface area contributed by atoms with E-state index >= 15 is 0 Å². The van der Waals surface area contributed by atoms with Crippen LogP contribution in [0, 0.1) is 13.8 Å². The molecule has 0 spiro atoms. The molecule has 0 saturated heterocycles. The summed E-state index contributed by atoms with van der Waals surface area (Å²) in [6, 6.07) is 5.03. The molecule has 1 N–H and O–H groups in total. The minimum absolute atomic E-state index is 0.108. The average molecular weight is 244 g/mol. The Morgan fingerprint density at radius 1 is 1.31 bits per heavy atom. The number of para-hydroxylation sites is 1. The van der Waals surface area contributed by atoms with Crippen LogP contribution in [0.3, 0.4) is 0 Å². The highest BCUT2D eigenvalue weighted by Gasteiger charge is 2.15. The average Bonchev–Trinajstić information content (AvgIpc) is 2.09. The third-order valence-corrected chi connectivity index (χ3v) is 2.61. The van der Waals surface area contributed by atoms with Gasteiger partial charge in [-0.3, -0.25) is 0 Å². The topological polar surface area (TPSA) is 95.5 Å². The Hall–Kier alpha value is -1.76. The predicted molar refractivity (Wildman–Crippen MR) is 54.0 cm³/mol. The number of rotatable bonds is 3. The first-order chi connectivity index (χ1) is 7.32. The second-order valence-electron chi connectivity index (χ2n) is 3.15. The van der Waals surface area contributed by atoms with Gasteiger partial charge in [-0.25, -0.2) is 4.72 Å². The molecule has 6 nitrogen and oxygen atoms in total. The van der Waals surface area contributed by atoms with Crippen LogP contribution >= 0.6 is 0 Å². The molecule has 0 aliphatic rings. The number of carbonyl (C=O) groups is 1. The third kappa shape index (κ3) is 3.13. The molecular weight excluding hydrogens is 234 g/mol. The number of hydrogen-bond donors (Lipinski definition) is 1. The monoisotopic (exact) mass is 244 g/mol. The highest BCUT2D eigenvalue weighted by Crippen LogP contribution is 2.23. The van der Waals surface area contributed by atoms with Crippen LogP contribution in [0.5, 0.6) is 5.75 Å². The molecule has 0 unspecified atom stereocenters. The van der Waals surface area contributed by atoms with Crippen LogP contribution in [-0.4, -0.2) is 14.5 Å². The van der Waals surface area contributed by atoms with E-state index in [1.54, 1.807) is 32.0 Å². The quantitative estimate of drug-likeness (QED) is 0.798. The van der Waals surface area contributed by atoms with E-state index in [0.29, 0.717) is 11.1 Å². The predicted octanol–water partition coefficient (Wildman–Crippen LogP) is -0.140. The number of hydrogen-bond acceptors (Lipinski definition) is 5. The van der Waals surface area contributed by atoms with Crippen LogP contribution in [0.15, 0.2) is 18.2 Å². The van der Waals surface area contributed by atoms with Crippen molar-refractivity contribution in [2.24, 2.45) is 0 Å². The summed E-state index contributed by atoms with van der Waals surface area (Å²) < 4.78 is 28.1. The summed E-state index contributed by atoms with van der Waals surface area (Å²) in [7, 11) is -4.39. The summed E-state index contributed by atoms with van der Waals surface area (Å²) in [5, 5.41) is 10.1. The molecule has 1 rings (SSSR count). The Bertz CT molecular complexity index is 488. The number of benzene rings is 1. The first kappa shape index (κ1) is 12.3. The van der Waals surface area contributed by atoms with E-state index in [4.69, 9.17) is 0 Å². The van der Waals surface area contributed by atoms with Crippen LogP contribution < -0.4 is 14.0 Å². The van der Waals surface area contributed by atoms with Crippen LogP contribution in [0.4, 0.5) is 4.79 Å². The molecule has 0 aliphatic heterocycles. The molecule has 0 bridgehead atoms. The van der Waals surface area contributed by atoms with Gasteiger partial charge in [-0.2, -0.15) is 8.42 Å². The maximum absolute atomic E-state index is 11.2. The zero-order valence-electron chi connectivity index (χ0n) is 8.68. The molecule has 0 aliphatic carbocycles. The molecular formula is C9H10NO5S-. The smallest absolute Gasteiger partial charge is 0.408 e. The summed E-state index contributed by atoms with van der Waals surface area (Å²) in [5.74, 6) is 0.108. The van der Waals surface area contributed by atoms with Crippen molar-refractivity contribution < 1.29 is 22.5 Å². The summed E-state index contributed by atoms with van der Waals surface area (Å²) in [5.41, 5.74) is 1.17. The molecule has 0 atom stereocenters. The minimum atomic E-state index is -4.39. The summed E-state index contributed by atoms with van der Waals surface area (Å²) >= 11 is 0. The van der Waals surface area contributed by atoms with E-state index in [-0.39, 0.29) is 5.75 Å². The second kappa shape index (κ2) is 4.40. The molecule has 0 saturated carbocycles. The van der Waals surface area contributed by atoms with E-state index in [9.17, 15) is 18.3 Å². The standard InChI is InChI=1S/C9H11NO5S/c1-6-4-3-5-7(2)8(6)15-16(13,14)10-9(11)12/h3-5,10H,1-2H3,(H,11,12)/p-1. The lowest BCUT2D eigenvalue weighted by molar-refractivity contribution is -0.248. The fraction of sp³-hybridized carbons (Fsp3) is 0.222. The normalized spacial score (nSPS) is 10.9. The van der Waals surface area contributed by atoms with Crippen molar-refractivity contribution in [3.63, 3.8) is 0 Å². The molecule has 0 radical (unpaired) electrons. The first-order valence-electron chi connectivity index (χ1n) is 4.31. The minimum Gasteiger partial charge on any atom is -0.529 e. The fourth-order valence-electron chi connectivity index (χ4n) is 1.16. The largest absolute Gasteiger partial charge is 0.529 e. The maximum Gasteiger partial charge on any atom is 0.408 e. The highest BCUT2D eigenvalue weighted by atomic mass is 32.2. The molecule has 88 valence electrons. The van der Waals surface area contributed by atoms with Gasteiger partial charge in [0.1, 0.15) is 5.75 Å². The van der Waals surface area contributed by atoms with Gasteiger partial charge in [0.05, 0.1) is 0 Å². The number of aryl methyl sites for hydroxylation is 2. The van der Waals surface area contributed by atoms with Gasteiger partial charge < -0.3 is 14.1 Å². The molecule has 7 heteroatoms. The molecule has 0 aromatic heterocycles. The van der Waals surface area contributed by atoms with Gasteiger partial charge in [0.2, 0.25) is 0 Å². The van der Waals surface area contributed by atoms with Crippen molar-refractivity contribution in [1.82, 2.24) is 4.72 Å². The summed E-state index contributed by atoms with van der Waals surface area (Å²) in [6.45, 7) is 3.30. The Kier molecular flexibility index (Phi) is 3.38. The van der Waals surface area contributed by atoms with Gasteiger partial charge in [-0.15, -0.1) is 0 Å². The van der Waals surface area contributed by atoms with Crippen LogP contribution in [-0.2, 0) is 10.3 Å². The third-order valence-electron chi connectivity index (χ3n) is 1.81. The van der Waals surface area contributed by atoms with Crippen molar-refractivity contribution in [2.45, 2.75) is 13.8 Å². The van der Waals surface area contributed by atoms with E-state index in [2.05, 4.69) is 4.18 Å². The van der Waals surface area contributed by atoms with Gasteiger partial charge in [0.25, 0.3) is 0 Å². The van der Waals surface area contributed by atoms with Crippen molar-refractivity contribution in [3.05, 3.63) is 29.3 Å². The molecule has 0 fully saturated rings. The van der Waals surface area contributed by atoms with Crippen LogP contribution in [0.1, 0.15) is 11.1 Å². The fourth-order valence-corrected chi connectivity index (χ4v) is 1.89. The van der Waals surface area contributed by atoms with Gasteiger partial charge >= 0.3 is 10.3 Å².